The first-order valence-corrected chi connectivity index (χ1v) is 3.20. The minimum atomic E-state index is -0.679. The summed E-state index contributed by atoms with van der Waals surface area (Å²) in [6, 6.07) is 3.94. The van der Waals surface area contributed by atoms with Crippen LogP contribution in [-0.4, -0.2) is 5.11 Å². The molecule has 1 aromatic rings. The van der Waals surface area contributed by atoms with E-state index in [1.54, 1.807) is 0 Å². The predicted molar refractivity (Wildman–Crippen MR) is 37.7 cm³/mol. The molecule has 60 valence electrons. The topological polar surface area (TPSA) is 20.2 Å². The number of benzene rings is 1. The molecule has 0 atom stereocenters. The number of halogens is 2. The Balaban J connectivity index is 3.02. The predicted octanol–water partition coefficient (Wildman–Crippen LogP) is 2.33. The minimum absolute atomic E-state index is 0.0900. The molecule has 0 saturated carbocycles. The van der Waals surface area contributed by atoms with E-state index < -0.39 is 13.3 Å². The van der Waals surface area contributed by atoms with E-state index in [1.165, 1.54) is 18.2 Å². The Morgan fingerprint density at radius 3 is 1.82 bits per heavy atom. The lowest BCUT2D eigenvalue weighted by atomic mass is 10.1. The van der Waals surface area contributed by atoms with Crippen molar-refractivity contribution in [1.29, 1.82) is 0 Å². The van der Waals surface area contributed by atoms with Crippen molar-refractivity contribution in [3.8, 4) is 5.75 Å². The van der Waals surface area contributed by atoms with E-state index in [0.717, 1.165) is 0 Å². The smallest absolute Gasteiger partial charge is 0.116 e. The quantitative estimate of drug-likeness (QED) is 0.700. The highest BCUT2D eigenvalue weighted by atomic mass is 19.1. The van der Waals surface area contributed by atoms with Gasteiger partial charge in [0.15, 0.2) is 0 Å². The molecule has 0 fully saturated rings. The summed E-state index contributed by atoms with van der Waals surface area (Å²) >= 11 is 0. The molecular weight excluding hydrogens is 150 g/mol. The average Bonchev–Trinajstić information content (AvgIpc) is 2.03. The Bertz CT molecular complexity index is 226. The summed E-state index contributed by atoms with van der Waals surface area (Å²) in [4.78, 5) is 0. The summed E-state index contributed by atoms with van der Waals surface area (Å²) in [6.45, 7) is -1.36. The molecule has 0 radical (unpaired) electrons. The zero-order valence-electron chi connectivity index (χ0n) is 5.85. The number of phenolic OH excluding ortho intramolecular Hbond substituents is 1. The molecule has 0 bridgehead atoms. The maximum absolute atomic E-state index is 12.0. The van der Waals surface area contributed by atoms with Crippen LogP contribution in [0, 0.1) is 0 Å². The van der Waals surface area contributed by atoms with Crippen LogP contribution in [0.2, 0.25) is 0 Å². The van der Waals surface area contributed by atoms with Crippen LogP contribution >= 0.6 is 0 Å². The summed E-state index contributed by atoms with van der Waals surface area (Å²) in [5.41, 5.74) is 0.607. The first-order valence-electron chi connectivity index (χ1n) is 3.20. The minimum Gasteiger partial charge on any atom is -0.508 e. The molecule has 11 heavy (non-hydrogen) atoms. The highest BCUT2D eigenvalue weighted by molar-refractivity contribution is 5.32. The second-order valence-corrected chi connectivity index (χ2v) is 2.27. The molecule has 1 rings (SSSR count). The van der Waals surface area contributed by atoms with Crippen molar-refractivity contribution in [2.75, 3.05) is 0 Å². The maximum atomic E-state index is 12.0. The first kappa shape index (κ1) is 7.98. The van der Waals surface area contributed by atoms with Gasteiger partial charge in [-0.1, -0.05) is 6.07 Å². The third kappa shape index (κ3) is 1.90. The number of aromatic hydroxyl groups is 1. The lowest BCUT2D eigenvalue weighted by molar-refractivity contribution is 0.452. The molecule has 1 aromatic carbocycles. The number of alkyl halides is 2. The van der Waals surface area contributed by atoms with Gasteiger partial charge in [0.05, 0.1) is 0 Å². The van der Waals surface area contributed by atoms with Gasteiger partial charge < -0.3 is 5.11 Å². The molecule has 0 spiro atoms. The number of hydrogen-bond donors (Lipinski definition) is 1. The van der Waals surface area contributed by atoms with E-state index in [4.69, 9.17) is 5.11 Å². The van der Waals surface area contributed by atoms with Gasteiger partial charge in [-0.25, -0.2) is 8.78 Å². The standard InChI is InChI=1S/C8H8F2O/c9-4-6-1-7(5-10)3-8(11)2-6/h1-3,11H,4-5H2. The number of hydrogen-bond acceptors (Lipinski definition) is 1. The Labute approximate surface area is 63.3 Å². The van der Waals surface area contributed by atoms with Crippen LogP contribution < -0.4 is 0 Å². The van der Waals surface area contributed by atoms with E-state index >= 15 is 0 Å². The van der Waals surface area contributed by atoms with Gasteiger partial charge in [-0.2, -0.15) is 0 Å². The third-order valence-corrected chi connectivity index (χ3v) is 1.35. The fourth-order valence-corrected chi connectivity index (χ4v) is 0.897. The summed E-state index contributed by atoms with van der Waals surface area (Å²) in [7, 11) is 0. The molecule has 1 N–H and O–H groups in total. The van der Waals surface area contributed by atoms with E-state index in [-0.39, 0.29) is 5.75 Å². The van der Waals surface area contributed by atoms with Gasteiger partial charge >= 0.3 is 0 Å². The third-order valence-electron chi connectivity index (χ3n) is 1.35. The molecule has 0 aliphatic carbocycles. The summed E-state index contributed by atoms with van der Waals surface area (Å²) < 4.78 is 24.0. The van der Waals surface area contributed by atoms with Crippen LogP contribution in [0.5, 0.6) is 5.75 Å². The summed E-state index contributed by atoms with van der Waals surface area (Å²) in [6.07, 6.45) is 0. The zero-order chi connectivity index (χ0) is 8.27. The molecule has 0 aromatic heterocycles. The number of rotatable bonds is 2. The first-order chi connectivity index (χ1) is 5.26. The molecule has 0 heterocycles. The van der Waals surface area contributed by atoms with E-state index in [0.29, 0.717) is 11.1 Å². The van der Waals surface area contributed by atoms with Crippen molar-refractivity contribution < 1.29 is 13.9 Å². The van der Waals surface area contributed by atoms with Crippen molar-refractivity contribution >= 4 is 0 Å². The summed E-state index contributed by atoms with van der Waals surface area (Å²) in [5, 5.41) is 8.92. The molecule has 0 unspecified atom stereocenters. The fourth-order valence-electron chi connectivity index (χ4n) is 0.897. The molecule has 0 aliphatic rings. The van der Waals surface area contributed by atoms with Crippen LogP contribution in [0.4, 0.5) is 8.78 Å². The van der Waals surface area contributed by atoms with Gasteiger partial charge in [-0.3, -0.25) is 0 Å². The van der Waals surface area contributed by atoms with E-state index in [1.807, 2.05) is 0 Å². The zero-order valence-corrected chi connectivity index (χ0v) is 5.85. The van der Waals surface area contributed by atoms with Crippen LogP contribution in [0.3, 0.4) is 0 Å². The Hall–Kier alpha value is -1.12. The highest BCUT2D eigenvalue weighted by Gasteiger charge is 1.98. The van der Waals surface area contributed by atoms with Crippen LogP contribution in [0.1, 0.15) is 11.1 Å². The van der Waals surface area contributed by atoms with Crippen LogP contribution in [0.25, 0.3) is 0 Å². The van der Waals surface area contributed by atoms with Crippen molar-refractivity contribution in [2.45, 2.75) is 13.3 Å². The lowest BCUT2D eigenvalue weighted by Gasteiger charge is -1.99. The van der Waals surface area contributed by atoms with Gasteiger partial charge in [-0.15, -0.1) is 0 Å². The molecular formula is C8H8F2O. The largest absolute Gasteiger partial charge is 0.508 e. The van der Waals surface area contributed by atoms with Gasteiger partial charge in [0.2, 0.25) is 0 Å². The fraction of sp³-hybridized carbons (Fsp3) is 0.250. The Morgan fingerprint density at radius 2 is 1.45 bits per heavy atom. The van der Waals surface area contributed by atoms with Gasteiger partial charge in [0, 0.05) is 0 Å². The Morgan fingerprint density at radius 1 is 1.00 bits per heavy atom. The highest BCUT2D eigenvalue weighted by Crippen LogP contribution is 2.17. The van der Waals surface area contributed by atoms with E-state index in [2.05, 4.69) is 0 Å². The van der Waals surface area contributed by atoms with Crippen molar-refractivity contribution in [1.82, 2.24) is 0 Å². The summed E-state index contributed by atoms with van der Waals surface area (Å²) in [5.74, 6) is -0.0900. The van der Waals surface area contributed by atoms with Crippen molar-refractivity contribution in [3.05, 3.63) is 29.3 Å². The van der Waals surface area contributed by atoms with Crippen LogP contribution in [-0.2, 0) is 13.3 Å². The van der Waals surface area contributed by atoms with Gasteiger partial charge in [-0.05, 0) is 23.3 Å². The van der Waals surface area contributed by atoms with Crippen molar-refractivity contribution in [3.63, 3.8) is 0 Å². The molecule has 3 heteroatoms. The second-order valence-electron chi connectivity index (χ2n) is 2.27. The SMILES string of the molecule is Oc1cc(CF)cc(CF)c1. The monoisotopic (exact) mass is 158 g/mol. The van der Waals surface area contributed by atoms with Gasteiger partial charge in [0.1, 0.15) is 19.1 Å². The molecule has 0 amide bonds. The second kappa shape index (κ2) is 3.32. The van der Waals surface area contributed by atoms with Crippen LogP contribution in [0.15, 0.2) is 18.2 Å². The molecule has 1 nitrogen and oxygen atoms in total. The molecule has 0 saturated heterocycles. The average molecular weight is 158 g/mol. The van der Waals surface area contributed by atoms with Crippen molar-refractivity contribution in [2.24, 2.45) is 0 Å². The molecule has 0 aliphatic heterocycles. The Kier molecular flexibility index (Phi) is 2.41. The number of phenols is 1. The van der Waals surface area contributed by atoms with Gasteiger partial charge in [0.25, 0.3) is 0 Å². The normalized spacial score (nSPS) is 10.0. The maximum Gasteiger partial charge on any atom is 0.116 e. The lowest BCUT2D eigenvalue weighted by Crippen LogP contribution is -1.83. The van der Waals surface area contributed by atoms with E-state index in [9.17, 15) is 8.78 Å².